The van der Waals surface area contributed by atoms with E-state index < -0.39 is 0 Å². The van der Waals surface area contributed by atoms with Gasteiger partial charge in [0.15, 0.2) is 0 Å². The quantitative estimate of drug-likeness (QED) is 0.778. The molecule has 3 nitrogen and oxygen atoms in total. The second-order valence-electron chi connectivity index (χ2n) is 6.36. The molecule has 2 aliphatic rings. The average molecular weight is 289 g/mol. The minimum Gasteiger partial charge on any atom is -0.493 e. The van der Waals surface area contributed by atoms with Gasteiger partial charge in [-0.2, -0.15) is 0 Å². The lowest BCUT2D eigenvalue weighted by Crippen LogP contribution is -2.23. The zero-order valence-corrected chi connectivity index (χ0v) is 13.1. The van der Waals surface area contributed by atoms with E-state index in [-0.39, 0.29) is 0 Å². The van der Waals surface area contributed by atoms with E-state index in [1.807, 2.05) is 0 Å². The van der Waals surface area contributed by atoms with Gasteiger partial charge in [-0.1, -0.05) is 18.2 Å². The molecule has 1 unspecified atom stereocenters. The third-order valence-electron chi connectivity index (χ3n) is 4.41. The first-order chi connectivity index (χ1) is 10.3. The van der Waals surface area contributed by atoms with Crippen LogP contribution in [0.25, 0.3) is 0 Å². The van der Waals surface area contributed by atoms with Crippen LogP contribution in [0.3, 0.4) is 0 Å². The molecule has 1 aromatic carbocycles. The molecule has 0 aromatic heterocycles. The van der Waals surface area contributed by atoms with E-state index >= 15 is 0 Å². The number of nitrogens with one attached hydrogen (secondary N) is 1. The summed E-state index contributed by atoms with van der Waals surface area (Å²) in [5, 5.41) is 3.69. The number of hydrogen-bond donors (Lipinski definition) is 1. The molecule has 116 valence electrons. The Morgan fingerprint density at radius 2 is 2.19 bits per heavy atom. The zero-order valence-electron chi connectivity index (χ0n) is 13.1. The summed E-state index contributed by atoms with van der Waals surface area (Å²) in [6.45, 7) is 5.84. The molecule has 1 N–H and O–H groups in total. The van der Waals surface area contributed by atoms with Gasteiger partial charge in [0, 0.05) is 24.8 Å². The summed E-state index contributed by atoms with van der Waals surface area (Å²) in [6.07, 6.45) is 6.10. The van der Waals surface area contributed by atoms with Gasteiger partial charge in [0.2, 0.25) is 0 Å². The van der Waals surface area contributed by atoms with Crippen molar-refractivity contribution in [1.29, 1.82) is 0 Å². The Hall–Kier alpha value is -1.06. The van der Waals surface area contributed by atoms with Crippen LogP contribution < -0.4 is 10.1 Å². The summed E-state index contributed by atoms with van der Waals surface area (Å²) in [6, 6.07) is 6.89. The van der Waals surface area contributed by atoms with Crippen molar-refractivity contribution in [1.82, 2.24) is 5.32 Å². The molecule has 1 aromatic rings. The van der Waals surface area contributed by atoms with E-state index in [0.29, 0.717) is 6.04 Å². The molecule has 1 aliphatic carbocycles. The number of rotatable bonds is 7. The number of ether oxygens (including phenoxy) is 2. The Morgan fingerprint density at radius 3 is 3.05 bits per heavy atom. The maximum absolute atomic E-state index is 5.92. The van der Waals surface area contributed by atoms with Crippen molar-refractivity contribution < 1.29 is 9.47 Å². The van der Waals surface area contributed by atoms with E-state index in [9.17, 15) is 0 Å². The first-order valence-electron chi connectivity index (χ1n) is 8.38. The van der Waals surface area contributed by atoms with Gasteiger partial charge in [-0.25, -0.2) is 0 Å². The van der Waals surface area contributed by atoms with E-state index in [1.165, 1.54) is 24.0 Å². The lowest BCUT2D eigenvalue weighted by atomic mass is 10.00. The lowest BCUT2D eigenvalue weighted by Gasteiger charge is -2.19. The molecule has 0 bridgehead atoms. The molecule has 0 saturated heterocycles. The maximum Gasteiger partial charge on any atom is 0.126 e. The van der Waals surface area contributed by atoms with Crippen LogP contribution in [-0.2, 0) is 4.74 Å². The molecule has 1 saturated carbocycles. The predicted octanol–water partition coefficient (Wildman–Crippen LogP) is 3.62. The average Bonchev–Trinajstić information content (AvgIpc) is 3.30. The SMILES string of the molecule is Cc1cccc2c1OCCCC2NCCCOCC1CC1. The maximum atomic E-state index is 5.92. The second-order valence-corrected chi connectivity index (χ2v) is 6.36. The summed E-state index contributed by atoms with van der Waals surface area (Å²) < 4.78 is 11.6. The fourth-order valence-electron chi connectivity index (χ4n) is 2.96. The largest absolute Gasteiger partial charge is 0.493 e. The Balaban J connectivity index is 1.47. The normalized spacial score (nSPS) is 21.5. The van der Waals surface area contributed by atoms with Crippen molar-refractivity contribution in [3.8, 4) is 5.75 Å². The van der Waals surface area contributed by atoms with Crippen LogP contribution in [0.2, 0.25) is 0 Å². The number of aryl methyl sites for hydroxylation is 1. The summed E-state index contributed by atoms with van der Waals surface area (Å²) in [5.41, 5.74) is 2.57. The summed E-state index contributed by atoms with van der Waals surface area (Å²) >= 11 is 0. The van der Waals surface area contributed by atoms with Gasteiger partial charge in [0.25, 0.3) is 0 Å². The minimum absolute atomic E-state index is 0.422. The minimum atomic E-state index is 0.422. The first kappa shape index (κ1) is 14.9. The highest BCUT2D eigenvalue weighted by atomic mass is 16.5. The van der Waals surface area contributed by atoms with Gasteiger partial charge in [0.1, 0.15) is 5.75 Å². The van der Waals surface area contributed by atoms with E-state index in [4.69, 9.17) is 9.47 Å². The first-order valence-corrected chi connectivity index (χ1v) is 8.38. The molecule has 0 amide bonds. The smallest absolute Gasteiger partial charge is 0.126 e. The van der Waals surface area contributed by atoms with Crippen LogP contribution in [0.1, 0.15) is 49.3 Å². The highest BCUT2D eigenvalue weighted by molar-refractivity contribution is 5.43. The fourth-order valence-corrected chi connectivity index (χ4v) is 2.96. The molecular formula is C18H27NO2. The summed E-state index contributed by atoms with van der Waals surface area (Å²) in [5.74, 6) is 1.96. The van der Waals surface area contributed by atoms with Crippen LogP contribution in [0.15, 0.2) is 18.2 Å². The molecule has 0 spiro atoms. The van der Waals surface area contributed by atoms with E-state index in [2.05, 4.69) is 30.4 Å². The van der Waals surface area contributed by atoms with Crippen LogP contribution in [0.5, 0.6) is 5.75 Å². The Bertz CT molecular complexity index is 457. The Morgan fingerprint density at radius 1 is 1.29 bits per heavy atom. The summed E-state index contributed by atoms with van der Waals surface area (Å²) in [4.78, 5) is 0. The number of benzene rings is 1. The van der Waals surface area contributed by atoms with Gasteiger partial charge < -0.3 is 14.8 Å². The zero-order chi connectivity index (χ0) is 14.5. The molecule has 1 heterocycles. The van der Waals surface area contributed by atoms with Gasteiger partial charge in [0.05, 0.1) is 6.61 Å². The van der Waals surface area contributed by atoms with Crippen LogP contribution in [0, 0.1) is 12.8 Å². The van der Waals surface area contributed by atoms with Crippen molar-refractivity contribution in [2.24, 2.45) is 5.92 Å². The third-order valence-corrected chi connectivity index (χ3v) is 4.41. The fraction of sp³-hybridized carbons (Fsp3) is 0.667. The standard InChI is InChI=1S/C18H27NO2/c1-14-5-2-6-16-17(7-3-12-21-18(14)16)19-10-4-11-20-13-15-8-9-15/h2,5-6,15,17,19H,3-4,7-13H2,1H3. The monoisotopic (exact) mass is 289 g/mol. The number of para-hydroxylation sites is 1. The number of fused-ring (bicyclic) bond motifs is 1. The molecular weight excluding hydrogens is 262 g/mol. The topological polar surface area (TPSA) is 30.5 Å². The molecule has 3 heteroatoms. The van der Waals surface area contributed by atoms with Crippen molar-refractivity contribution in [2.45, 2.75) is 45.1 Å². The molecule has 1 aliphatic heterocycles. The van der Waals surface area contributed by atoms with Gasteiger partial charge in [-0.05, 0) is 57.1 Å². The van der Waals surface area contributed by atoms with Crippen molar-refractivity contribution >= 4 is 0 Å². The van der Waals surface area contributed by atoms with Gasteiger partial charge in [-0.3, -0.25) is 0 Å². The Labute approximate surface area is 128 Å². The van der Waals surface area contributed by atoms with Gasteiger partial charge in [-0.15, -0.1) is 0 Å². The van der Waals surface area contributed by atoms with Crippen molar-refractivity contribution in [2.75, 3.05) is 26.4 Å². The molecule has 1 fully saturated rings. The van der Waals surface area contributed by atoms with Crippen LogP contribution in [-0.4, -0.2) is 26.4 Å². The number of hydrogen-bond acceptors (Lipinski definition) is 3. The molecule has 3 rings (SSSR count). The highest BCUT2D eigenvalue weighted by Gasteiger charge is 2.21. The predicted molar refractivity (Wildman–Crippen MR) is 84.8 cm³/mol. The third kappa shape index (κ3) is 4.21. The van der Waals surface area contributed by atoms with Crippen molar-refractivity contribution in [3.63, 3.8) is 0 Å². The highest BCUT2D eigenvalue weighted by Crippen LogP contribution is 2.33. The lowest BCUT2D eigenvalue weighted by molar-refractivity contribution is 0.121. The van der Waals surface area contributed by atoms with E-state index in [1.54, 1.807) is 0 Å². The molecule has 1 atom stereocenters. The molecule has 21 heavy (non-hydrogen) atoms. The molecule has 0 radical (unpaired) electrons. The second kappa shape index (κ2) is 7.28. The van der Waals surface area contributed by atoms with Crippen molar-refractivity contribution in [3.05, 3.63) is 29.3 Å². The summed E-state index contributed by atoms with van der Waals surface area (Å²) in [7, 11) is 0. The van der Waals surface area contributed by atoms with Gasteiger partial charge >= 0.3 is 0 Å². The van der Waals surface area contributed by atoms with Crippen LogP contribution >= 0.6 is 0 Å². The van der Waals surface area contributed by atoms with E-state index in [0.717, 1.165) is 57.3 Å². The van der Waals surface area contributed by atoms with Crippen LogP contribution in [0.4, 0.5) is 0 Å². The Kier molecular flexibility index (Phi) is 5.15.